The summed E-state index contributed by atoms with van der Waals surface area (Å²) in [5.74, 6) is 0.488. The Morgan fingerprint density at radius 2 is 1.94 bits per heavy atom. The second-order valence-corrected chi connectivity index (χ2v) is 6.19. The number of hydrogen-bond donors (Lipinski definition) is 1. The summed E-state index contributed by atoms with van der Waals surface area (Å²) in [6.45, 7) is 1.94. The van der Waals surface area contributed by atoms with Gasteiger partial charge in [-0.3, -0.25) is 0 Å². The monoisotopic (exact) mass is 263 g/mol. The van der Waals surface area contributed by atoms with Crippen molar-refractivity contribution >= 4 is 10.7 Å². The van der Waals surface area contributed by atoms with E-state index in [1.54, 1.807) is 0 Å². The summed E-state index contributed by atoms with van der Waals surface area (Å²) in [5, 5.41) is 3.65. The van der Waals surface area contributed by atoms with Gasteiger partial charge in [0.1, 0.15) is 0 Å². The minimum absolute atomic E-state index is 0.166. The van der Waals surface area contributed by atoms with Crippen LogP contribution in [0, 0.1) is 0 Å². The Morgan fingerprint density at radius 1 is 1.22 bits per heavy atom. The van der Waals surface area contributed by atoms with Crippen LogP contribution >= 0.6 is 10.7 Å². The van der Waals surface area contributed by atoms with Crippen LogP contribution in [0.4, 0.5) is 0 Å². The topological polar surface area (TPSA) is 55.1 Å². The molecule has 1 unspecified atom stereocenters. The molecular weight excluding hydrogens is 248 g/mol. The number of nitrogens with one attached hydrogen (secondary N) is 1. The Balaban J connectivity index is 1.93. The first-order valence-electron chi connectivity index (χ1n) is 6.14. The van der Waals surface area contributed by atoms with E-state index in [1.807, 2.05) is 30.3 Å². The molecule has 1 aliphatic heterocycles. The average Bonchev–Trinajstić information content (AvgIpc) is 2.83. The van der Waals surface area contributed by atoms with Gasteiger partial charge in [0.05, 0.1) is 0 Å². The molecule has 94 valence electrons. The SMILES string of the molecule is O=c1oc(-c2ccccc2)n[s+]1C1CCNCC1. The molecule has 4 nitrogen and oxygen atoms in total. The minimum atomic E-state index is -0.602. The van der Waals surface area contributed by atoms with Crippen molar-refractivity contribution in [1.29, 1.82) is 0 Å². The van der Waals surface area contributed by atoms with Gasteiger partial charge in [-0.25, -0.2) is 0 Å². The lowest BCUT2D eigenvalue weighted by Crippen LogP contribution is -2.26. The zero-order valence-electron chi connectivity index (χ0n) is 9.96. The molecule has 0 aliphatic carbocycles. The van der Waals surface area contributed by atoms with E-state index in [0.717, 1.165) is 31.5 Å². The number of aromatic nitrogens is 1. The number of hydrogen-bond acceptors (Lipinski definition) is 4. The molecular formula is C13H15N2O2S+. The highest BCUT2D eigenvalue weighted by Gasteiger charge is 2.32. The van der Waals surface area contributed by atoms with Gasteiger partial charge in [0.25, 0.3) is 5.89 Å². The Bertz CT molecular complexity index is 570. The van der Waals surface area contributed by atoms with Gasteiger partial charge in [0, 0.05) is 35.9 Å². The number of benzene rings is 1. The Morgan fingerprint density at radius 3 is 2.67 bits per heavy atom. The van der Waals surface area contributed by atoms with E-state index in [0.29, 0.717) is 11.1 Å². The first kappa shape index (κ1) is 11.6. The molecule has 0 spiro atoms. The lowest BCUT2D eigenvalue weighted by molar-refractivity contribution is 0.500. The van der Waals surface area contributed by atoms with Crippen LogP contribution in [0.3, 0.4) is 0 Å². The second-order valence-electron chi connectivity index (χ2n) is 4.38. The summed E-state index contributed by atoms with van der Waals surface area (Å²) in [5.41, 5.74) is 0.884. The third kappa shape index (κ3) is 2.23. The maximum Gasteiger partial charge on any atom is 0.580 e. The second kappa shape index (κ2) is 5.04. The van der Waals surface area contributed by atoms with Crippen molar-refractivity contribution in [3.8, 4) is 11.5 Å². The van der Waals surface area contributed by atoms with Gasteiger partial charge >= 0.3 is 4.94 Å². The Labute approximate surface area is 108 Å². The van der Waals surface area contributed by atoms with Gasteiger partial charge in [-0.15, -0.1) is 0 Å². The molecule has 0 amide bonds. The fourth-order valence-corrected chi connectivity index (χ4v) is 3.85. The van der Waals surface area contributed by atoms with Crippen LogP contribution in [0.5, 0.6) is 0 Å². The first-order valence-corrected chi connectivity index (χ1v) is 7.39. The van der Waals surface area contributed by atoms with Gasteiger partial charge in [0.2, 0.25) is 0 Å². The summed E-state index contributed by atoms with van der Waals surface area (Å²) in [6.07, 6.45) is 2.01. The standard InChI is InChI=1S/C13H15N2O2S/c16-13-17-12(10-4-2-1-3-5-10)15-18(13)11-6-8-14-9-7-11/h1-5,11,14H,6-9H2/q+1. The van der Waals surface area contributed by atoms with Crippen molar-refractivity contribution in [3.63, 3.8) is 0 Å². The summed E-state index contributed by atoms with van der Waals surface area (Å²) in [4.78, 5) is 11.7. The van der Waals surface area contributed by atoms with Crippen molar-refractivity contribution in [1.82, 2.24) is 9.69 Å². The average molecular weight is 263 g/mol. The molecule has 0 radical (unpaired) electrons. The van der Waals surface area contributed by atoms with E-state index in [-0.39, 0.29) is 4.94 Å². The third-order valence-electron chi connectivity index (χ3n) is 3.15. The molecule has 1 aromatic carbocycles. The van der Waals surface area contributed by atoms with Crippen LogP contribution in [-0.2, 0) is 0 Å². The maximum absolute atomic E-state index is 11.9. The molecule has 3 rings (SSSR count). The number of piperidine rings is 1. The van der Waals surface area contributed by atoms with E-state index >= 15 is 0 Å². The van der Waals surface area contributed by atoms with Crippen LogP contribution in [0.25, 0.3) is 11.5 Å². The van der Waals surface area contributed by atoms with Crippen molar-refractivity contribution in [2.24, 2.45) is 0 Å². The third-order valence-corrected chi connectivity index (χ3v) is 5.04. The van der Waals surface area contributed by atoms with Gasteiger partial charge in [-0.2, -0.15) is 4.79 Å². The van der Waals surface area contributed by atoms with E-state index < -0.39 is 10.7 Å². The van der Waals surface area contributed by atoms with E-state index in [2.05, 4.69) is 9.69 Å². The molecule has 5 heteroatoms. The fourth-order valence-electron chi connectivity index (χ4n) is 2.19. The summed E-state index contributed by atoms with van der Waals surface area (Å²) < 4.78 is 9.82. The lowest BCUT2D eigenvalue weighted by atomic mass is 10.2. The molecule has 2 heterocycles. The molecule has 1 saturated heterocycles. The van der Waals surface area contributed by atoms with E-state index in [4.69, 9.17) is 4.42 Å². The predicted octanol–water partition coefficient (Wildman–Crippen LogP) is 2.38. The van der Waals surface area contributed by atoms with Crippen molar-refractivity contribution in [3.05, 3.63) is 40.1 Å². The van der Waals surface area contributed by atoms with Crippen LogP contribution < -0.4 is 10.3 Å². The van der Waals surface area contributed by atoms with E-state index in [1.165, 1.54) is 0 Å². The minimum Gasteiger partial charge on any atom is -0.356 e. The van der Waals surface area contributed by atoms with Crippen LogP contribution in [0.1, 0.15) is 18.1 Å². The molecule has 0 bridgehead atoms. The summed E-state index contributed by atoms with van der Waals surface area (Å²) in [6, 6.07) is 9.62. The van der Waals surface area contributed by atoms with Crippen LogP contribution in [0.15, 0.2) is 39.5 Å². The molecule has 18 heavy (non-hydrogen) atoms. The van der Waals surface area contributed by atoms with Gasteiger partial charge < -0.3 is 9.73 Å². The quantitative estimate of drug-likeness (QED) is 0.845. The molecule has 1 aliphatic rings. The van der Waals surface area contributed by atoms with Gasteiger partial charge in [0.15, 0.2) is 15.9 Å². The van der Waals surface area contributed by atoms with Gasteiger partial charge in [-0.1, -0.05) is 18.2 Å². The highest BCUT2D eigenvalue weighted by atomic mass is 32.2. The van der Waals surface area contributed by atoms with Crippen molar-refractivity contribution in [2.45, 2.75) is 18.1 Å². The number of rotatable bonds is 2. The largest absolute Gasteiger partial charge is 0.580 e. The molecule has 1 atom stereocenters. The van der Waals surface area contributed by atoms with Crippen LogP contribution in [-0.4, -0.2) is 17.5 Å². The predicted molar refractivity (Wildman–Crippen MR) is 71.8 cm³/mol. The van der Waals surface area contributed by atoms with E-state index in [9.17, 15) is 4.79 Å². The summed E-state index contributed by atoms with van der Waals surface area (Å²) in [7, 11) is -0.602. The number of nitrogens with zero attached hydrogens (tertiary/aromatic N) is 1. The smallest absolute Gasteiger partial charge is 0.356 e. The molecule has 1 aromatic heterocycles. The molecule has 1 N–H and O–H groups in total. The van der Waals surface area contributed by atoms with Crippen LogP contribution in [0.2, 0.25) is 0 Å². The first-order chi connectivity index (χ1) is 8.84. The maximum atomic E-state index is 11.9. The zero-order valence-corrected chi connectivity index (χ0v) is 10.8. The molecule has 0 saturated carbocycles. The zero-order chi connectivity index (χ0) is 12.4. The Kier molecular flexibility index (Phi) is 3.25. The highest BCUT2D eigenvalue weighted by Crippen LogP contribution is 2.33. The van der Waals surface area contributed by atoms with Crippen molar-refractivity contribution in [2.75, 3.05) is 13.1 Å². The lowest BCUT2D eigenvalue weighted by Gasteiger charge is -2.13. The highest BCUT2D eigenvalue weighted by molar-refractivity contribution is 7.24. The molecule has 1 fully saturated rings. The van der Waals surface area contributed by atoms with Crippen molar-refractivity contribution < 1.29 is 4.42 Å². The Hall–Kier alpha value is -1.46. The fraction of sp³-hybridized carbons (Fsp3) is 0.385. The van der Waals surface area contributed by atoms with Gasteiger partial charge in [-0.05, 0) is 12.1 Å². The molecule has 2 aromatic rings. The normalized spacial score (nSPS) is 17.9. The summed E-state index contributed by atoms with van der Waals surface area (Å²) >= 11 is 0.